The molecule has 0 saturated heterocycles. The van der Waals surface area contributed by atoms with E-state index >= 15 is 0 Å². The summed E-state index contributed by atoms with van der Waals surface area (Å²) in [6.07, 6.45) is 2.36. The van der Waals surface area contributed by atoms with Gasteiger partial charge in [0, 0.05) is 6.51 Å². The Morgan fingerprint density at radius 1 is 1.27 bits per heavy atom. The highest BCUT2D eigenvalue weighted by molar-refractivity contribution is 6.58. The van der Waals surface area contributed by atoms with E-state index in [-0.39, 0.29) is 11.5 Å². The summed E-state index contributed by atoms with van der Waals surface area (Å²) in [4.78, 5) is 0. The quantitative estimate of drug-likeness (QED) is 0.664. The molecule has 1 nitrogen and oxygen atoms in total. The lowest BCUT2D eigenvalue weighted by molar-refractivity contribution is -0.0126. The molecule has 0 aromatic heterocycles. The van der Waals surface area contributed by atoms with Crippen LogP contribution in [0, 0.1) is 11.3 Å². The summed E-state index contributed by atoms with van der Waals surface area (Å²) in [6, 6.07) is 0. The van der Waals surface area contributed by atoms with E-state index in [1.807, 2.05) is 0 Å². The highest BCUT2D eigenvalue weighted by Crippen LogP contribution is 2.39. The van der Waals surface area contributed by atoms with Gasteiger partial charge in [-0.15, -0.1) is 0 Å². The van der Waals surface area contributed by atoms with Crippen LogP contribution in [-0.2, 0) is 4.74 Å². The summed E-state index contributed by atoms with van der Waals surface area (Å²) in [5.74, 6) is 0.458. The first kappa shape index (κ1) is 12.9. The fraction of sp³-hybridized carbons (Fsp3) is 1.00. The monoisotopic (exact) mass is 223 g/mol. The van der Waals surface area contributed by atoms with Crippen molar-refractivity contribution in [2.24, 2.45) is 11.3 Å². The van der Waals surface area contributed by atoms with E-state index in [1.165, 1.54) is 0 Å². The van der Waals surface area contributed by atoms with Crippen molar-refractivity contribution in [3.8, 4) is 0 Å². The number of halogens is 3. The summed E-state index contributed by atoms with van der Waals surface area (Å²) < 4.78 is 41.1. The van der Waals surface area contributed by atoms with E-state index < -0.39 is 13.5 Å². The molecule has 5 heteroatoms. The van der Waals surface area contributed by atoms with Gasteiger partial charge in [0.15, 0.2) is 0 Å². The van der Waals surface area contributed by atoms with Gasteiger partial charge in [0.05, 0.1) is 6.10 Å². The average molecular weight is 223 g/mol. The maximum absolute atomic E-state index is 12.0. The Morgan fingerprint density at radius 2 is 1.87 bits per heavy atom. The van der Waals surface area contributed by atoms with E-state index in [4.69, 9.17) is 4.74 Å². The van der Waals surface area contributed by atoms with Crippen molar-refractivity contribution in [2.75, 3.05) is 6.51 Å². The number of rotatable bonds is 3. The molecule has 0 amide bonds. The van der Waals surface area contributed by atoms with Crippen LogP contribution >= 0.6 is 0 Å². The highest BCUT2D eigenvalue weighted by atomic mass is 19.4. The van der Waals surface area contributed by atoms with Crippen LogP contribution in [0.15, 0.2) is 0 Å². The first-order valence-electron chi connectivity index (χ1n) is 5.50. The van der Waals surface area contributed by atoms with Gasteiger partial charge in [0.25, 0.3) is 0 Å². The maximum atomic E-state index is 12.0. The van der Waals surface area contributed by atoms with Gasteiger partial charge in [-0.05, 0) is 30.6 Å². The van der Waals surface area contributed by atoms with Gasteiger partial charge in [0.2, 0.25) is 0 Å². The Labute approximate surface area is 89.4 Å². The highest BCUT2D eigenvalue weighted by Gasteiger charge is 2.34. The molecule has 0 bridgehead atoms. The Bertz CT molecular complexity index is 215. The molecule has 1 saturated carbocycles. The summed E-state index contributed by atoms with van der Waals surface area (Å²) in [5.41, 5.74) is 0.112. The average Bonchev–Trinajstić information content (AvgIpc) is 1.95. The molecule has 1 aliphatic rings. The third-order valence-corrected chi connectivity index (χ3v) is 2.87. The molecule has 0 aromatic rings. The van der Waals surface area contributed by atoms with E-state index in [1.54, 1.807) is 0 Å². The standard InChI is InChI=1S/C10H19BF3O/c1-8-4-9(6-10(2,3)5-8)15-7-11(12,13)14/h8-9H,4-7H2,1-3H3/q-1. The van der Waals surface area contributed by atoms with Gasteiger partial charge < -0.3 is 17.7 Å². The third kappa shape index (κ3) is 4.91. The predicted octanol–water partition coefficient (Wildman–Crippen LogP) is 3.60. The van der Waals surface area contributed by atoms with Crippen LogP contribution in [0.2, 0.25) is 0 Å². The molecule has 1 aliphatic carbocycles. The number of hydrogen-bond acceptors (Lipinski definition) is 1. The second kappa shape index (κ2) is 4.36. The van der Waals surface area contributed by atoms with Gasteiger partial charge >= 0.3 is 6.98 Å². The topological polar surface area (TPSA) is 9.23 Å². The summed E-state index contributed by atoms with van der Waals surface area (Å²) in [7, 11) is 0. The zero-order valence-electron chi connectivity index (χ0n) is 9.60. The van der Waals surface area contributed by atoms with Crippen molar-refractivity contribution in [3.05, 3.63) is 0 Å². The van der Waals surface area contributed by atoms with Crippen LogP contribution in [-0.4, -0.2) is 19.6 Å². The van der Waals surface area contributed by atoms with E-state index in [2.05, 4.69) is 20.8 Å². The van der Waals surface area contributed by atoms with Crippen LogP contribution in [0.25, 0.3) is 0 Å². The molecule has 1 rings (SSSR count). The molecule has 2 unspecified atom stereocenters. The van der Waals surface area contributed by atoms with Crippen LogP contribution in [0.4, 0.5) is 12.9 Å². The minimum Gasteiger partial charge on any atom is -0.447 e. The molecule has 2 atom stereocenters. The molecular formula is C10H19BF3O-. The van der Waals surface area contributed by atoms with Gasteiger partial charge in [-0.2, -0.15) is 0 Å². The first-order valence-corrected chi connectivity index (χ1v) is 5.50. The SMILES string of the molecule is CC1CC(OC[B-](F)(F)F)CC(C)(C)C1. The lowest BCUT2D eigenvalue weighted by Crippen LogP contribution is -2.36. The number of ether oxygens (including phenoxy) is 1. The van der Waals surface area contributed by atoms with E-state index in [0.29, 0.717) is 5.92 Å². The third-order valence-electron chi connectivity index (χ3n) is 2.87. The Balaban J connectivity index is 2.42. The summed E-state index contributed by atoms with van der Waals surface area (Å²) >= 11 is 0. The molecule has 0 heterocycles. The van der Waals surface area contributed by atoms with Crippen molar-refractivity contribution < 1.29 is 17.7 Å². The normalized spacial score (nSPS) is 31.6. The van der Waals surface area contributed by atoms with Crippen LogP contribution in [0.5, 0.6) is 0 Å². The summed E-state index contributed by atoms with van der Waals surface area (Å²) in [6.45, 7) is 0.420. The summed E-state index contributed by atoms with van der Waals surface area (Å²) in [5, 5.41) is 0. The van der Waals surface area contributed by atoms with Gasteiger partial charge in [-0.1, -0.05) is 20.8 Å². The van der Waals surface area contributed by atoms with E-state index in [9.17, 15) is 12.9 Å². The lowest BCUT2D eigenvalue weighted by Gasteiger charge is -2.39. The Morgan fingerprint density at radius 3 is 2.33 bits per heavy atom. The minimum atomic E-state index is -4.80. The molecular weight excluding hydrogens is 204 g/mol. The Kier molecular flexibility index (Phi) is 3.74. The maximum Gasteiger partial charge on any atom is 0.503 e. The van der Waals surface area contributed by atoms with Crippen LogP contribution in [0.1, 0.15) is 40.0 Å². The Hall–Kier alpha value is -0.185. The van der Waals surface area contributed by atoms with Gasteiger partial charge in [-0.3, -0.25) is 0 Å². The fourth-order valence-corrected chi connectivity index (χ4v) is 2.63. The van der Waals surface area contributed by atoms with Crippen molar-refractivity contribution in [1.82, 2.24) is 0 Å². The largest absolute Gasteiger partial charge is 0.503 e. The van der Waals surface area contributed by atoms with Crippen molar-refractivity contribution in [3.63, 3.8) is 0 Å². The zero-order valence-corrected chi connectivity index (χ0v) is 9.60. The zero-order chi connectivity index (χ0) is 11.7. The molecule has 1 fully saturated rings. The molecule has 0 N–H and O–H groups in total. The second-order valence-electron chi connectivity index (χ2n) is 5.58. The molecule has 90 valence electrons. The molecule has 15 heavy (non-hydrogen) atoms. The van der Waals surface area contributed by atoms with Gasteiger partial charge in [-0.25, -0.2) is 0 Å². The predicted molar refractivity (Wildman–Crippen MR) is 55.6 cm³/mol. The molecule has 0 aliphatic heterocycles. The minimum absolute atomic E-state index is 0.112. The van der Waals surface area contributed by atoms with Crippen LogP contribution < -0.4 is 0 Å². The second-order valence-corrected chi connectivity index (χ2v) is 5.58. The molecule has 0 radical (unpaired) electrons. The van der Waals surface area contributed by atoms with Crippen LogP contribution in [0.3, 0.4) is 0 Å². The van der Waals surface area contributed by atoms with Gasteiger partial charge in [0.1, 0.15) is 0 Å². The van der Waals surface area contributed by atoms with Crippen molar-refractivity contribution >= 4 is 6.98 Å². The molecule has 0 aromatic carbocycles. The fourth-order valence-electron chi connectivity index (χ4n) is 2.63. The number of hydrogen-bond donors (Lipinski definition) is 0. The van der Waals surface area contributed by atoms with Crippen molar-refractivity contribution in [2.45, 2.75) is 46.1 Å². The lowest BCUT2D eigenvalue weighted by atomic mass is 9.71. The molecule has 0 spiro atoms. The van der Waals surface area contributed by atoms with E-state index in [0.717, 1.165) is 19.3 Å². The van der Waals surface area contributed by atoms with Crippen molar-refractivity contribution in [1.29, 1.82) is 0 Å². The first-order chi connectivity index (χ1) is 6.68. The smallest absolute Gasteiger partial charge is 0.447 e.